The number of benzene rings is 1. The fourth-order valence-corrected chi connectivity index (χ4v) is 4.22. The summed E-state index contributed by atoms with van der Waals surface area (Å²) in [5.74, 6) is 0.0863. The second-order valence-electron chi connectivity index (χ2n) is 7.65. The summed E-state index contributed by atoms with van der Waals surface area (Å²) in [6, 6.07) is 6.93. The molecule has 6 nitrogen and oxygen atoms in total. The zero-order valence-corrected chi connectivity index (χ0v) is 17.7. The first kappa shape index (κ1) is 21.9. The summed E-state index contributed by atoms with van der Waals surface area (Å²) in [5.41, 5.74) is 0.838. The molecule has 0 N–H and O–H groups in total. The van der Waals surface area contributed by atoms with E-state index < -0.39 is 15.1 Å². The molecule has 0 spiro atoms. The van der Waals surface area contributed by atoms with Crippen LogP contribution in [-0.4, -0.2) is 75.8 Å². The lowest BCUT2D eigenvalue weighted by molar-refractivity contribution is -0.134. The first-order chi connectivity index (χ1) is 12.7. The standard InChI is InChI=1S/C20H32N2O4S/c1-16(2)27(24,25)19-7-5-17(6-8-19)15-20(23)22(12-11-21(3)4)18-9-13-26-14-10-18/h5-8,16,18H,9-15H2,1-4H3. The highest BCUT2D eigenvalue weighted by atomic mass is 32.2. The van der Waals surface area contributed by atoms with Crippen LogP contribution in [0.1, 0.15) is 32.3 Å². The van der Waals surface area contributed by atoms with E-state index in [1.165, 1.54) is 0 Å². The van der Waals surface area contributed by atoms with Gasteiger partial charge in [-0.25, -0.2) is 8.42 Å². The molecule has 7 heteroatoms. The highest BCUT2D eigenvalue weighted by Gasteiger charge is 2.26. The molecular weight excluding hydrogens is 364 g/mol. The molecule has 0 saturated carbocycles. The van der Waals surface area contributed by atoms with Crippen molar-refractivity contribution in [2.75, 3.05) is 40.4 Å². The van der Waals surface area contributed by atoms with E-state index in [9.17, 15) is 13.2 Å². The number of ether oxygens (including phenoxy) is 1. The molecule has 0 unspecified atom stereocenters. The lowest BCUT2D eigenvalue weighted by Crippen LogP contribution is -2.46. The van der Waals surface area contributed by atoms with E-state index in [-0.39, 0.29) is 18.4 Å². The quantitative estimate of drug-likeness (QED) is 0.672. The third-order valence-corrected chi connectivity index (χ3v) is 7.14. The number of amides is 1. The van der Waals surface area contributed by atoms with E-state index >= 15 is 0 Å². The van der Waals surface area contributed by atoms with Gasteiger partial charge in [0, 0.05) is 32.3 Å². The Labute approximate surface area is 163 Å². The summed E-state index contributed by atoms with van der Waals surface area (Å²) < 4.78 is 29.9. The molecule has 1 amide bonds. The Morgan fingerprint density at radius 2 is 1.70 bits per heavy atom. The first-order valence-corrected chi connectivity index (χ1v) is 11.1. The van der Waals surface area contributed by atoms with Gasteiger partial charge < -0.3 is 14.5 Å². The maximum Gasteiger partial charge on any atom is 0.227 e. The maximum atomic E-state index is 13.0. The van der Waals surface area contributed by atoms with Crippen LogP contribution in [0.25, 0.3) is 0 Å². The van der Waals surface area contributed by atoms with Crippen molar-refractivity contribution < 1.29 is 17.9 Å². The largest absolute Gasteiger partial charge is 0.381 e. The molecule has 27 heavy (non-hydrogen) atoms. The molecule has 152 valence electrons. The summed E-state index contributed by atoms with van der Waals surface area (Å²) in [5, 5.41) is -0.458. The predicted octanol–water partition coefficient (Wildman–Crippen LogP) is 1.98. The summed E-state index contributed by atoms with van der Waals surface area (Å²) in [7, 11) is 0.713. The second-order valence-corrected chi connectivity index (χ2v) is 10.2. The summed E-state index contributed by atoms with van der Waals surface area (Å²) in [4.78, 5) is 17.3. The third kappa shape index (κ3) is 6.02. The van der Waals surface area contributed by atoms with Crippen molar-refractivity contribution in [1.82, 2.24) is 9.80 Å². The predicted molar refractivity (Wildman–Crippen MR) is 107 cm³/mol. The van der Waals surface area contributed by atoms with Crippen LogP contribution in [0.4, 0.5) is 0 Å². The second kappa shape index (κ2) is 9.66. The number of nitrogens with zero attached hydrogens (tertiary/aromatic N) is 2. The van der Waals surface area contributed by atoms with Crippen LogP contribution >= 0.6 is 0 Å². The van der Waals surface area contributed by atoms with Gasteiger partial charge in [-0.05, 0) is 58.5 Å². The molecule has 1 heterocycles. The van der Waals surface area contributed by atoms with Gasteiger partial charge >= 0.3 is 0 Å². The molecule has 0 aliphatic carbocycles. The number of carbonyl (C=O) groups excluding carboxylic acids is 1. The van der Waals surface area contributed by atoms with Crippen molar-refractivity contribution in [3.63, 3.8) is 0 Å². The zero-order chi connectivity index (χ0) is 20.0. The topological polar surface area (TPSA) is 66.9 Å². The van der Waals surface area contributed by atoms with E-state index in [1.807, 2.05) is 19.0 Å². The van der Waals surface area contributed by atoms with E-state index in [0.717, 1.165) is 24.9 Å². The molecule has 1 aromatic rings. The minimum absolute atomic E-state index is 0.0863. The first-order valence-electron chi connectivity index (χ1n) is 9.56. The van der Waals surface area contributed by atoms with Gasteiger partial charge in [0.2, 0.25) is 5.91 Å². The number of likely N-dealkylation sites (N-methyl/N-ethyl adjacent to an activating group) is 1. The SMILES string of the molecule is CC(C)S(=O)(=O)c1ccc(CC(=O)N(CCN(C)C)C2CCOCC2)cc1. The molecule has 0 aromatic heterocycles. The number of hydrogen-bond donors (Lipinski definition) is 0. The number of carbonyl (C=O) groups is 1. The molecule has 0 radical (unpaired) electrons. The molecular formula is C20H32N2O4S. The Hall–Kier alpha value is -1.44. The lowest BCUT2D eigenvalue weighted by atomic mass is 10.0. The fourth-order valence-electron chi connectivity index (χ4n) is 3.16. The summed E-state index contributed by atoms with van der Waals surface area (Å²) >= 11 is 0. The Bertz CT molecular complexity index is 708. The van der Waals surface area contributed by atoms with Crippen molar-refractivity contribution in [3.8, 4) is 0 Å². The van der Waals surface area contributed by atoms with Gasteiger partial charge in [0.05, 0.1) is 16.6 Å². The van der Waals surface area contributed by atoms with Gasteiger partial charge in [0.15, 0.2) is 9.84 Å². The van der Waals surface area contributed by atoms with Crippen LogP contribution in [0.2, 0.25) is 0 Å². The van der Waals surface area contributed by atoms with Gasteiger partial charge in [-0.15, -0.1) is 0 Å². The number of sulfone groups is 1. The monoisotopic (exact) mass is 396 g/mol. The molecule has 2 rings (SSSR count). The highest BCUT2D eigenvalue weighted by Crippen LogP contribution is 2.19. The van der Waals surface area contributed by atoms with Crippen LogP contribution in [0, 0.1) is 0 Å². The van der Waals surface area contributed by atoms with Gasteiger partial charge in [-0.2, -0.15) is 0 Å². The average molecular weight is 397 g/mol. The normalized spacial score (nSPS) is 16.1. The van der Waals surface area contributed by atoms with Crippen molar-refractivity contribution in [2.45, 2.75) is 49.3 Å². The Morgan fingerprint density at radius 3 is 2.22 bits per heavy atom. The van der Waals surface area contributed by atoms with Gasteiger partial charge in [-0.3, -0.25) is 4.79 Å². The van der Waals surface area contributed by atoms with Gasteiger partial charge in [0.1, 0.15) is 0 Å². The molecule has 1 fully saturated rings. The molecule has 1 aliphatic heterocycles. The Morgan fingerprint density at radius 1 is 1.11 bits per heavy atom. The van der Waals surface area contributed by atoms with Crippen LogP contribution in [0.15, 0.2) is 29.2 Å². The molecule has 1 saturated heterocycles. The van der Waals surface area contributed by atoms with Crippen molar-refractivity contribution in [1.29, 1.82) is 0 Å². The van der Waals surface area contributed by atoms with Crippen molar-refractivity contribution >= 4 is 15.7 Å². The van der Waals surface area contributed by atoms with Crippen LogP contribution < -0.4 is 0 Å². The minimum Gasteiger partial charge on any atom is -0.381 e. The maximum absolute atomic E-state index is 13.0. The smallest absolute Gasteiger partial charge is 0.227 e. The van der Waals surface area contributed by atoms with Gasteiger partial charge in [-0.1, -0.05) is 12.1 Å². The van der Waals surface area contributed by atoms with Crippen molar-refractivity contribution in [2.24, 2.45) is 0 Å². The lowest BCUT2D eigenvalue weighted by Gasteiger charge is -2.35. The number of hydrogen-bond acceptors (Lipinski definition) is 5. The fraction of sp³-hybridized carbons (Fsp3) is 0.650. The third-order valence-electron chi connectivity index (χ3n) is 4.97. The highest BCUT2D eigenvalue weighted by molar-refractivity contribution is 7.92. The van der Waals surface area contributed by atoms with E-state index in [4.69, 9.17) is 4.74 Å². The van der Waals surface area contributed by atoms with E-state index in [0.29, 0.717) is 24.7 Å². The van der Waals surface area contributed by atoms with Crippen molar-refractivity contribution in [3.05, 3.63) is 29.8 Å². The Kier molecular flexibility index (Phi) is 7.82. The van der Waals surface area contributed by atoms with Crippen LogP contribution in [-0.2, 0) is 25.8 Å². The molecule has 0 atom stereocenters. The van der Waals surface area contributed by atoms with E-state index in [1.54, 1.807) is 38.1 Å². The summed E-state index contributed by atoms with van der Waals surface area (Å²) in [6.07, 6.45) is 2.02. The van der Waals surface area contributed by atoms with Crippen LogP contribution in [0.5, 0.6) is 0 Å². The van der Waals surface area contributed by atoms with E-state index in [2.05, 4.69) is 4.90 Å². The molecule has 1 aromatic carbocycles. The minimum atomic E-state index is -3.29. The Balaban J connectivity index is 2.09. The van der Waals surface area contributed by atoms with Gasteiger partial charge in [0.25, 0.3) is 0 Å². The molecule has 1 aliphatic rings. The zero-order valence-electron chi connectivity index (χ0n) is 16.8. The number of rotatable bonds is 8. The summed E-state index contributed by atoms with van der Waals surface area (Å²) in [6.45, 7) is 6.23. The van der Waals surface area contributed by atoms with Crippen LogP contribution in [0.3, 0.4) is 0 Å². The molecule has 0 bridgehead atoms. The average Bonchev–Trinajstić information content (AvgIpc) is 2.63.